The van der Waals surface area contributed by atoms with Crippen LogP contribution in [0.25, 0.3) is 0 Å². The molecule has 24 heavy (non-hydrogen) atoms. The zero-order valence-corrected chi connectivity index (χ0v) is 16.7. The molecule has 7 nitrogen and oxygen atoms in total. The maximum atomic E-state index is 5.92. The molecule has 0 aliphatic heterocycles. The molecule has 0 saturated heterocycles. The van der Waals surface area contributed by atoms with Gasteiger partial charge in [0.2, 0.25) is 5.89 Å². The minimum atomic E-state index is 0. The van der Waals surface area contributed by atoms with E-state index in [2.05, 4.69) is 25.8 Å². The molecule has 2 rings (SSSR count). The van der Waals surface area contributed by atoms with Gasteiger partial charge in [0.15, 0.2) is 11.8 Å². The van der Waals surface area contributed by atoms with E-state index in [-0.39, 0.29) is 30.1 Å². The molecular formula is C16H24IN5O2. The second kappa shape index (κ2) is 10.1. The van der Waals surface area contributed by atoms with Gasteiger partial charge in [-0.15, -0.1) is 24.0 Å². The van der Waals surface area contributed by atoms with E-state index in [1.165, 1.54) is 0 Å². The molecule has 0 saturated carbocycles. The fourth-order valence-electron chi connectivity index (χ4n) is 1.98. The van der Waals surface area contributed by atoms with Crippen LogP contribution in [0.3, 0.4) is 0 Å². The number of aliphatic imine (C=N–C) groups is 1. The van der Waals surface area contributed by atoms with Crippen LogP contribution in [-0.2, 0) is 6.54 Å². The van der Waals surface area contributed by atoms with E-state index in [1.54, 1.807) is 14.0 Å². The molecule has 1 aromatic heterocycles. The van der Waals surface area contributed by atoms with Crippen LogP contribution in [0, 0.1) is 13.8 Å². The molecular weight excluding hydrogens is 421 g/mol. The number of aromatic nitrogens is 2. The molecule has 2 N–H and O–H groups in total. The van der Waals surface area contributed by atoms with E-state index in [0.29, 0.717) is 30.8 Å². The lowest BCUT2D eigenvalue weighted by Crippen LogP contribution is -2.41. The summed E-state index contributed by atoms with van der Waals surface area (Å²) >= 11 is 0. The lowest BCUT2D eigenvalue weighted by atomic mass is 10.2. The smallest absolute Gasteiger partial charge is 0.223 e. The third-order valence-corrected chi connectivity index (χ3v) is 3.19. The van der Waals surface area contributed by atoms with Gasteiger partial charge in [0.1, 0.15) is 11.9 Å². The number of nitrogens with one attached hydrogen (secondary N) is 2. The molecule has 1 atom stereocenters. The molecule has 0 amide bonds. The fourth-order valence-corrected chi connectivity index (χ4v) is 1.98. The Morgan fingerprint density at radius 2 is 2.04 bits per heavy atom. The topological polar surface area (TPSA) is 84.6 Å². The minimum absolute atomic E-state index is 0. The Balaban J connectivity index is 0.00000288. The summed E-state index contributed by atoms with van der Waals surface area (Å²) < 4.78 is 10.8. The van der Waals surface area contributed by atoms with Crippen LogP contribution in [0.2, 0.25) is 0 Å². The second-order valence-electron chi connectivity index (χ2n) is 5.23. The van der Waals surface area contributed by atoms with Gasteiger partial charge in [0.25, 0.3) is 0 Å². The highest BCUT2D eigenvalue weighted by molar-refractivity contribution is 14.0. The number of benzene rings is 1. The van der Waals surface area contributed by atoms with Crippen LogP contribution in [0.15, 0.2) is 33.8 Å². The van der Waals surface area contributed by atoms with E-state index in [9.17, 15) is 0 Å². The number of aryl methyl sites for hydroxylation is 2. The van der Waals surface area contributed by atoms with Crippen LogP contribution >= 0.6 is 24.0 Å². The number of guanidine groups is 1. The zero-order valence-electron chi connectivity index (χ0n) is 14.4. The van der Waals surface area contributed by atoms with E-state index in [4.69, 9.17) is 9.26 Å². The summed E-state index contributed by atoms with van der Waals surface area (Å²) in [5.74, 6) is 2.69. The van der Waals surface area contributed by atoms with Gasteiger partial charge in [-0.3, -0.25) is 4.99 Å². The first kappa shape index (κ1) is 20.2. The van der Waals surface area contributed by atoms with Crippen LogP contribution < -0.4 is 15.4 Å². The average molecular weight is 445 g/mol. The van der Waals surface area contributed by atoms with Gasteiger partial charge < -0.3 is 19.9 Å². The Hall–Kier alpha value is -1.84. The van der Waals surface area contributed by atoms with Gasteiger partial charge in [-0.2, -0.15) is 4.98 Å². The number of hydrogen-bond acceptors (Lipinski definition) is 5. The highest BCUT2D eigenvalue weighted by Gasteiger charge is 2.08. The van der Waals surface area contributed by atoms with Gasteiger partial charge in [0, 0.05) is 14.0 Å². The molecule has 2 aromatic rings. The lowest BCUT2D eigenvalue weighted by molar-refractivity contribution is 0.222. The molecule has 132 valence electrons. The van der Waals surface area contributed by atoms with Crippen molar-refractivity contribution in [3.63, 3.8) is 0 Å². The summed E-state index contributed by atoms with van der Waals surface area (Å²) in [6, 6.07) is 7.97. The van der Waals surface area contributed by atoms with E-state index in [1.807, 2.05) is 38.1 Å². The zero-order chi connectivity index (χ0) is 16.7. The van der Waals surface area contributed by atoms with E-state index >= 15 is 0 Å². The minimum Gasteiger partial charge on any atom is -0.489 e. The first-order chi connectivity index (χ1) is 11.1. The number of para-hydroxylation sites is 1. The summed E-state index contributed by atoms with van der Waals surface area (Å²) in [6.45, 7) is 6.87. The Morgan fingerprint density at radius 1 is 1.29 bits per heavy atom. The Kier molecular flexibility index (Phi) is 8.51. The summed E-state index contributed by atoms with van der Waals surface area (Å²) in [5.41, 5.74) is 1.12. The summed E-state index contributed by atoms with van der Waals surface area (Å²) in [5, 5.41) is 10.2. The average Bonchev–Trinajstić information content (AvgIpc) is 2.95. The van der Waals surface area contributed by atoms with Gasteiger partial charge >= 0.3 is 0 Å². The second-order valence-corrected chi connectivity index (χ2v) is 5.23. The highest BCUT2D eigenvalue weighted by Crippen LogP contribution is 2.17. The number of nitrogens with zero attached hydrogens (tertiary/aromatic N) is 3. The molecule has 0 aliphatic carbocycles. The Bertz CT molecular complexity index is 659. The predicted molar refractivity (Wildman–Crippen MR) is 104 cm³/mol. The lowest BCUT2D eigenvalue weighted by Gasteiger charge is -2.18. The predicted octanol–water partition coefficient (Wildman–Crippen LogP) is 2.44. The van der Waals surface area contributed by atoms with E-state index < -0.39 is 0 Å². The SMILES string of the molecule is CN=C(NCc1noc(C)n1)NCC(C)Oc1ccccc1C.I. The molecule has 0 spiro atoms. The van der Waals surface area contributed by atoms with Crippen LogP contribution in [0.5, 0.6) is 5.75 Å². The number of halogens is 1. The standard InChI is InChI=1S/C16H23N5O2.HI/c1-11-7-5-6-8-14(11)22-12(2)9-18-16(17-4)19-10-15-20-13(3)23-21-15;/h5-8,12H,9-10H2,1-4H3,(H2,17,18,19);1H. The monoisotopic (exact) mass is 445 g/mol. The molecule has 0 aliphatic rings. The first-order valence-electron chi connectivity index (χ1n) is 7.54. The van der Waals surface area contributed by atoms with Crippen molar-refractivity contribution >= 4 is 29.9 Å². The van der Waals surface area contributed by atoms with Crippen LogP contribution in [-0.4, -0.2) is 35.8 Å². The summed E-state index contributed by atoms with van der Waals surface area (Å²) in [7, 11) is 1.71. The summed E-state index contributed by atoms with van der Waals surface area (Å²) in [4.78, 5) is 8.29. The van der Waals surface area contributed by atoms with Crippen molar-refractivity contribution in [2.24, 2.45) is 4.99 Å². The van der Waals surface area contributed by atoms with Crippen molar-refractivity contribution < 1.29 is 9.26 Å². The van der Waals surface area contributed by atoms with Crippen molar-refractivity contribution in [1.29, 1.82) is 0 Å². The van der Waals surface area contributed by atoms with E-state index in [0.717, 1.165) is 11.3 Å². The normalized spacial score (nSPS) is 12.2. The van der Waals surface area contributed by atoms with Gasteiger partial charge in [-0.1, -0.05) is 23.4 Å². The van der Waals surface area contributed by atoms with Gasteiger partial charge in [-0.05, 0) is 25.5 Å². The van der Waals surface area contributed by atoms with Crippen LogP contribution in [0.4, 0.5) is 0 Å². The first-order valence-corrected chi connectivity index (χ1v) is 7.54. The third-order valence-electron chi connectivity index (χ3n) is 3.19. The molecule has 1 unspecified atom stereocenters. The molecule has 1 heterocycles. The van der Waals surface area contributed by atoms with Crippen molar-refractivity contribution in [3.05, 3.63) is 41.5 Å². The van der Waals surface area contributed by atoms with Crippen molar-refractivity contribution in [3.8, 4) is 5.75 Å². The largest absolute Gasteiger partial charge is 0.489 e. The number of ether oxygens (including phenoxy) is 1. The van der Waals surface area contributed by atoms with Crippen LogP contribution in [0.1, 0.15) is 24.2 Å². The van der Waals surface area contributed by atoms with Gasteiger partial charge in [0.05, 0.1) is 13.1 Å². The number of rotatable bonds is 6. The quantitative estimate of drug-likeness (QED) is 0.404. The summed E-state index contributed by atoms with van der Waals surface area (Å²) in [6.07, 6.45) is 0.00192. The third kappa shape index (κ3) is 6.34. The van der Waals surface area contributed by atoms with Crippen molar-refractivity contribution in [2.45, 2.75) is 33.4 Å². The van der Waals surface area contributed by atoms with Crippen molar-refractivity contribution in [2.75, 3.05) is 13.6 Å². The Morgan fingerprint density at radius 3 is 2.67 bits per heavy atom. The maximum Gasteiger partial charge on any atom is 0.223 e. The molecule has 1 aromatic carbocycles. The fraction of sp³-hybridized carbons (Fsp3) is 0.438. The van der Waals surface area contributed by atoms with Gasteiger partial charge in [-0.25, -0.2) is 0 Å². The molecule has 0 fully saturated rings. The Labute approximate surface area is 159 Å². The number of hydrogen-bond donors (Lipinski definition) is 2. The molecule has 0 radical (unpaired) electrons. The maximum absolute atomic E-state index is 5.92. The van der Waals surface area contributed by atoms with Crippen molar-refractivity contribution in [1.82, 2.24) is 20.8 Å². The molecule has 8 heteroatoms. The highest BCUT2D eigenvalue weighted by atomic mass is 127. The molecule has 0 bridgehead atoms.